The van der Waals surface area contributed by atoms with Crippen LogP contribution >= 0.6 is 0 Å². The van der Waals surface area contributed by atoms with Gasteiger partial charge in [0, 0.05) is 12.5 Å². The fourth-order valence-electron chi connectivity index (χ4n) is 1.25. The molecule has 16 heavy (non-hydrogen) atoms. The van der Waals surface area contributed by atoms with Crippen LogP contribution < -0.4 is 10.1 Å². The Kier molecular flexibility index (Phi) is 4.22. The Balaban J connectivity index is 2.83. The maximum Gasteiger partial charge on any atom is 0.220 e. The zero-order chi connectivity index (χ0) is 12.1. The van der Waals surface area contributed by atoms with Crippen molar-refractivity contribution in [2.24, 2.45) is 0 Å². The Bertz CT molecular complexity index is 382. The summed E-state index contributed by atoms with van der Waals surface area (Å²) in [7, 11) is 1.39. The summed E-state index contributed by atoms with van der Waals surface area (Å²) in [6, 6.07) is 1.22. The molecule has 0 spiro atoms. The maximum absolute atomic E-state index is 13.1. The van der Waals surface area contributed by atoms with Crippen molar-refractivity contribution < 1.29 is 13.9 Å². The van der Waals surface area contributed by atoms with Gasteiger partial charge in [-0.25, -0.2) is 4.39 Å². The van der Waals surface area contributed by atoms with Gasteiger partial charge in [0.2, 0.25) is 5.91 Å². The molecule has 0 aliphatic heterocycles. The number of halogens is 1. The van der Waals surface area contributed by atoms with E-state index >= 15 is 0 Å². The third-order valence-corrected chi connectivity index (χ3v) is 2.20. The van der Waals surface area contributed by atoms with Crippen LogP contribution in [-0.2, 0) is 4.79 Å². The molecule has 0 radical (unpaired) electrons. The summed E-state index contributed by atoms with van der Waals surface area (Å²) in [5.41, 5.74) is 0.569. The number of hydrogen-bond donors (Lipinski definition) is 1. The molecule has 1 aromatic rings. The molecular weight excluding hydrogens is 211 g/mol. The number of hydrogen-bond acceptors (Lipinski definition) is 3. The summed E-state index contributed by atoms with van der Waals surface area (Å²) in [6.07, 6.45) is 1.49. The molecule has 1 amide bonds. The van der Waals surface area contributed by atoms with Crippen molar-refractivity contribution >= 4 is 5.91 Å². The Morgan fingerprint density at radius 3 is 2.94 bits per heavy atom. The Hall–Kier alpha value is -1.65. The van der Waals surface area contributed by atoms with Crippen LogP contribution in [0.5, 0.6) is 5.75 Å². The Labute approximate surface area is 93.8 Å². The molecule has 88 valence electrons. The first-order valence-corrected chi connectivity index (χ1v) is 5.07. The van der Waals surface area contributed by atoms with E-state index in [-0.39, 0.29) is 17.7 Å². The summed E-state index contributed by atoms with van der Waals surface area (Å²) in [5.74, 6) is -0.458. The van der Waals surface area contributed by atoms with Crippen molar-refractivity contribution in [3.05, 3.63) is 23.8 Å². The van der Waals surface area contributed by atoms with Gasteiger partial charge >= 0.3 is 0 Å². The molecule has 1 aromatic heterocycles. The number of ether oxygens (including phenoxy) is 1. The highest BCUT2D eigenvalue weighted by Crippen LogP contribution is 2.19. The zero-order valence-electron chi connectivity index (χ0n) is 9.58. The van der Waals surface area contributed by atoms with E-state index < -0.39 is 5.82 Å². The number of pyridine rings is 1. The van der Waals surface area contributed by atoms with E-state index in [0.29, 0.717) is 12.1 Å². The summed E-state index contributed by atoms with van der Waals surface area (Å²) >= 11 is 0. The van der Waals surface area contributed by atoms with Gasteiger partial charge in [-0.3, -0.25) is 9.78 Å². The van der Waals surface area contributed by atoms with Crippen molar-refractivity contribution in [1.82, 2.24) is 10.3 Å². The van der Waals surface area contributed by atoms with Gasteiger partial charge in [-0.15, -0.1) is 0 Å². The predicted molar refractivity (Wildman–Crippen MR) is 57.6 cm³/mol. The van der Waals surface area contributed by atoms with Crippen molar-refractivity contribution in [2.75, 3.05) is 7.11 Å². The second-order valence-corrected chi connectivity index (χ2v) is 3.39. The molecule has 1 unspecified atom stereocenters. The van der Waals surface area contributed by atoms with Crippen LogP contribution in [0, 0.1) is 5.82 Å². The van der Waals surface area contributed by atoms with Gasteiger partial charge in [0.25, 0.3) is 0 Å². The number of rotatable bonds is 4. The number of aromatic nitrogens is 1. The normalized spacial score (nSPS) is 12.0. The van der Waals surface area contributed by atoms with Crippen molar-refractivity contribution in [1.29, 1.82) is 0 Å². The molecule has 0 fully saturated rings. The maximum atomic E-state index is 13.1. The summed E-state index contributed by atoms with van der Waals surface area (Å²) in [5, 5.41) is 2.74. The van der Waals surface area contributed by atoms with Gasteiger partial charge in [-0.2, -0.15) is 0 Å². The van der Waals surface area contributed by atoms with E-state index in [0.717, 1.165) is 6.20 Å². The zero-order valence-corrected chi connectivity index (χ0v) is 9.58. The topological polar surface area (TPSA) is 51.2 Å². The molecule has 0 saturated heterocycles. The van der Waals surface area contributed by atoms with Crippen LogP contribution in [0.25, 0.3) is 0 Å². The van der Waals surface area contributed by atoms with Gasteiger partial charge in [0.05, 0.1) is 25.0 Å². The molecular formula is C11H15FN2O2. The van der Waals surface area contributed by atoms with E-state index in [2.05, 4.69) is 10.3 Å². The fraction of sp³-hybridized carbons (Fsp3) is 0.455. The van der Waals surface area contributed by atoms with Gasteiger partial charge in [0.15, 0.2) is 11.6 Å². The van der Waals surface area contributed by atoms with E-state index in [1.165, 1.54) is 13.2 Å². The van der Waals surface area contributed by atoms with Crippen LogP contribution in [0.3, 0.4) is 0 Å². The second kappa shape index (κ2) is 5.44. The highest BCUT2D eigenvalue weighted by atomic mass is 19.1. The second-order valence-electron chi connectivity index (χ2n) is 3.39. The fourth-order valence-corrected chi connectivity index (χ4v) is 1.25. The van der Waals surface area contributed by atoms with Crippen molar-refractivity contribution in [3.63, 3.8) is 0 Å². The minimum absolute atomic E-state index is 0.0717. The molecule has 0 aromatic carbocycles. The minimum Gasteiger partial charge on any atom is -0.494 e. The van der Waals surface area contributed by atoms with E-state index in [1.807, 2.05) is 0 Å². The lowest BCUT2D eigenvalue weighted by molar-refractivity contribution is -0.121. The van der Waals surface area contributed by atoms with Crippen LogP contribution in [0.1, 0.15) is 32.0 Å². The van der Waals surface area contributed by atoms with Gasteiger partial charge in [-0.05, 0) is 6.92 Å². The molecule has 0 aliphatic rings. The highest BCUT2D eigenvalue weighted by molar-refractivity contribution is 5.75. The number of nitrogens with zero attached hydrogens (tertiary/aromatic N) is 1. The molecule has 1 heterocycles. The van der Waals surface area contributed by atoms with Gasteiger partial charge in [-0.1, -0.05) is 6.92 Å². The lowest BCUT2D eigenvalue weighted by Crippen LogP contribution is -2.26. The van der Waals surface area contributed by atoms with E-state index in [4.69, 9.17) is 4.74 Å². The highest BCUT2D eigenvalue weighted by Gasteiger charge is 2.12. The monoisotopic (exact) mass is 226 g/mol. The first-order valence-electron chi connectivity index (χ1n) is 5.07. The van der Waals surface area contributed by atoms with E-state index in [1.54, 1.807) is 13.8 Å². The van der Waals surface area contributed by atoms with Crippen molar-refractivity contribution in [2.45, 2.75) is 26.3 Å². The molecule has 1 rings (SSSR count). The summed E-state index contributed by atoms with van der Waals surface area (Å²) in [6.45, 7) is 3.55. The SMILES string of the molecule is CCC(=O)NC(C)c1cc(OC)c(F)cn1. The Morgan fingerprint density at radius 2 is 2.38 bits per heavy atom. The molecule has 5 heteroatoms. The quantitative estimate of drug-likeness (QED) is 0.851. The van der Waals surface area contributed by atoms with Gasteiger partial charge < -0.3 is 10.1 Å². The number of methoxy groups -OCH3 is 1. The van der Waals surface area contributed by atoms with Crippen LogP contribution in [0.2, 0.25) is 0 Å². The third kappa shape index (κ3) is 2.92. The number of amides is 1. The molecule has 0 saturated carbocycles. The third-order valence-electron chi connectivity index (χ3n) is 2.20. The van der Waals surface area contributed by atoms with Crippen LogP contribution in [-0.4, -0.2) is 18.0 Å². The molecule has 1 N–H and O–H groups in total. The average molecular weight is 226 g/mol. The van der Waals surface area contributed by atoms with Crippen LogP contribution in [0.15, 0.2) is 12.3 Å². The van der Waals surface area contributed by atoms with Crippen LogP contribution in [0.4, 0.5) is 4.39 Å². The summed E-state index contributed by atoms with van der Waals surface area (Å²) < 4.78 is 17.9. The average Bonchev–Trinajstić information content (AvgIpc) is 2.29. The minimum atomic E-state index is -0.514. The predicted octanol–water partition coefficient (Wildman–Crippen LogP) is 1.82. The van der Waals surface area contributed by atoms with Gasteiger partial charge in [0.1, 0.15) is 0 Å². The number of carbonyl (C=O) groups excluding carboxylic acids is 1. The largest absolute Gasteiger partial charge is 0.494 e. The number of nitrogens with one attached hydrogen (secondary N) is 1. The lowest BCUT2D eigenvalue weighted by Gasteiger charge is -2.13. The molecule has 4 nitrogen and oxygen atoms in total. The number of carbonyl (C=O) groups is 1. The first kappa shape index (κ1) is 12.4. The first-order chi connectivity index (χ1) is 7.58. The molecule has 1 atom stereocenters. The summed E-state index contributed by atoms with van der Waals surface area (Å²) in [4.78, 5) is 15.1. The lowest BCUT2D eigenvalue weighted by atomic mass is 10.2. The van der Waals surface area contributed by atoms with Crippen molar-refractivity contribution in [3.8, 4) is 5.75 Å². The van der Waals surface area contributed by atoms with E-state index in [9.17, 15) is 9.18 Å². The Morgan fingerprint density at radius 1 is 1.69 bits per heavy atom. The standard InChI is InChI=1S/C11H15FN2O2/c1-4-11(15)14-7(2)9-5-10(16-3)8(12)6-13-9/h5-7H,4H2,1-3H3,(H,14,15). The smallest absolute Gasteiger partial charge is 0.220 e. The molecule has 0 aliphatic carbocycles. The molecule has 0 bridgehead atoms.